The number of likely N-dealkylation sites (N-methyl/N-ethyl adjacent to an activating group) is 1. The summed E-state index contributed by atoms with van der Waals surface area (Å²) in [5, 5.41) is 12.0. The van der Waals surface area contributed by atoms with Crippen LogP contribution in [0.1, 0.15) is 30.9 Å². The summed E-state index contributed by atoms with van der Waals surface area (Å²) in [5.41, 5.74) is 2.32. The highest BCUT2D eigenvalue weighted by Crippen LogP contribution is 2.29. The molecule has 2 amide bonds. The van der Waals surface area contributed by atoms with Gasteiger partial charge in [-0.15, -0.1) is 0 Å². The van der Waals surface area contributed by atoms with Crippen molar-refractivity contribution in [1.82, 2.24) is 15.1 Å². The number of rotatable bonds is 6. The Kier molecular flexibility index (Phi) is 5.66. The van der Waals surface area contributed by atoms with E-state index in [1.807, 2.05) is 34.9 Å². The van der Waals surface area contributed by atoms with Crippen LogP contribution in [0.2, 0.25) is 0 Å². The van der Waals surface area contributed by atoms with Crippen molar-refractivity contribution in [3.8, 4) is 5.75 Å². The van der Waals surface area contributed by atoms with Crippen molar-refractivity contribution < 1.29 is 19.4 Å². The summed E-state index contributed by atoms with van der Waals surface area (Å²) in [6, 6.07) is 6.29. The van der Waals surface area contributed by atoms with Gasteiger partial charge in [0.05, 0.1) is 13.7 Å². The summed E-state index contributed by atoms with van der Waals surface area (Å²) in [6.07, 6.45) is 2.42. The van der Waals surface area contributed by atoms with E-state index in [2.05, 4.69) is 5.32 Å². The molecule has 3 rings (SSSR count). The van der Waals surface area contributed by atoms with Crippen LogP contribution in [0.25, 0.3) is 0 Å². The second-order valence-corrected chi connectivity index (χ2v) is 7.00. The predicted molar refractivity (Wildman–Crippen MR) is 97.3 cm³/mol. The normalized spacial score (nSPS) is 21.7. The highest BCUT2D eigenvalue weighted by molar-refractivity contribution is 5.75. The van der Waals surface area contributed by atoms with Gasteiger partial charge in [0.2, 0.25) is 0 Å². The second kappa shape index (κ2) is 7.95. The Bertz CT molecular complexity index is 673. The number of amides is 2. The zero-order valence-corrected chi connectivity index (χ0v) is 15.4. The molecular formula is C19H27N3O4. The third-order valence-corrected chi connectivity index (χ3v) is 5.43. The largest absolute Gasteiger partial charge is 0.496 e. The molecule has 1 aromatic carbocycles. The number of nitrogens with one attached hydrogen (secondary N) is 1. The first-order chi connectivity index (χ1) is 12.5. The first kappa shape index (κ1) is 18.5. The number of hydrogen-bond donors (Lipinski definition) is 2. The summed E-state index contributed by atoms with van der Waals surface area (Å²) in [7, 11) is 1.67. The minimum absolute atomic E-state index is 0.0387. The smallest absolute Gasteiger partial charge is 0.317 e. The monoisotopic (exact) mass is 361 g/mol. The molecule has 1 aliphatic heterocycles. The highest BCUT2D eigenvalue weighted by atomic mass is 16.5. The first-order valence-corrected chi connectivity index (χ1v) is 9.17. The molecule has 1 heterocycles. The van der Waals surface area contributed by atoms with Crippen LogP contribution in [0, 0.1) is 0 Å². The molecule has 2 aliphatic rings. The molecule has 0 radical (unpaired) electrons. The molecule has 7 nitrogen and oxygen atoms in total. The number of aliphatic carboxylic acids is 1. The maximum absolute atomic E-state index is 12.6. The van der Waals surface area contributed by atoms with Gasteiger partial charge < -0.3 is 20.1 Å². The van der Waals surface area contributed by atoms with Crippen LogP contribution in [0.4, 0.5) is 4.79 Å². The fourth-order valence-electron chi connectivity index (χ4n) is 3.88. The number of carbonyl (C=O) groups is 2. The Morgan fingerprint density at radius 3 is 2.81 bits per heavy atom. The number of benzene rings is 1. The van der Waals surface area contributed by atoms with E-state index in [0.717, 1.165) is 30.6 Å². The minimum atomic E-state index is -0.804. The van der Waals surface area contributed by atoms with E-state index in [0.29, 0.717) is 19.6 Å². The standard InChI is InChI=1S/C19H27N3O4/c1-3-21(12-18(23)24)15-9-14(10-15)20-19(25)22-8-7-16-13(11-22)5-4-6-17(16)26-2/h4-6,14-15H,3,7-12H2,1-2H3,(H,20,25)(H,23,24). The Hall–Kier alpha value is -2.28. The molecule has 0 atom stereocenters. The number of nitrogens with zero attached hydrogens (tertiary/aromatic N) is 2. The third kappa shape index (κ3) is 3.93. The number of methoxy groups -OCH3 is 1. The number of hydrogen-bond acceptors (Lipinski definition) is 4. The van der Waals surface area contributed by atoms with Gasteiger partial charge in [0.25, 0.3) is 0 Å². The summed E-state index contributed by atoms with van der Waals surface area (Å²) < 4.78 is 5.41. The van der Waals surface area contributed by atoms with Crippen molar-refractivity contribution in [2.75, 3.05) is 26.7 Å². The molecule has 1 aromatic rings. The van der Waals surface area contributed by atoms with Gasteiger partial charge in [0.15, 0.2) is 0 Å². The van der Waals surface area contributed by atoms with E-state index in [1.165, 1.54) is 5.56 Å². The van der Waals surface area contributed by atoms with Crippen molar-refractivity contribution in [3.63, 3.8) is 0 Å². The molecule has 2 N–H and O–H groups in total. The van der Waals surface area contributed by atoms with Crippen molar-refractivity contribution >= 4 is 12.0 Å². The van der Waals surface area contributed by atoms with Gasteiger partial charge in [0.1, 0.15) is 5.75 Å². The maximum Gasteiger partial charge on any atom is 0.317 e. The van der Waals surface area contributed by atoms with Crippen LogP contribution in [0.3, 0.4) is 0 Å². The number of ether oxygens (including phenoxy) is 1. The number of carbonyl (C=O) groups excluding carboxylic acids is 1. The van der Waals surface area contributed by atoms with Gasteiger partial charge >= 0.3 is 12.0 Å². The van der Waals surface area contributed by atoms with Crippen LogP contribution in [-0.2, 0) is 17.8 Å². The molecule has 26 heavy (non-hydrogen) atoms. The Balaban J connectivity index is 1.50. The average Bonchev–Trinajstić information content (AvgIpc) is 2.61. The summed E-state index contributed by atoms with van der Waals surface area (Å²) in [4.78, 5) is 27.3. The topological polar surface area (TPSA) is 82.1 Å². The van der Waals surface area contributed by atoms with Crippen LogP contribution in [0.5, 0.6) is 5.75 Å². The van der Waals surface area contributed by atoms with Crippen molar-refractivity contribution in [1.29, 1.82) is 0 Å². The third-order valence-electron chi connectivity index (χ3n) is 5.43. The molecule has 7 heteroatoms. The molecule has 1 saturated carbocycles. The average molecular weight is 361 g/mol. The van der Waals surface area contributed by atoms with Crippen molar-refractivity contribution in [2.24, 2.45) is 0 Å². The first-order valence-electron chi connectivity index (χ1n) is 9.17. The Morgan fingerprint density at radius 1 is 1.38 bits per heavy atom. The van der Waals surface area contributed by atoms with E-state index >= 15 is 0 Å². The molecular weight excluding hydrogens is 334 g/mol. The van der Waals surface area contributed by atoms with Crippen molar-refractivity contribution in [3.05, 3.63) is 29.3 Å². The fraction of sp³-hybridized carbons (Fsp3) is 0.579. The molecule has 0 bridgehead atoms. The van der Waals surface area contributed by atoms with Gasteiger partial charge in [-0.3, -0.25) is 9.69 Å². The lowest BCUT2D eigenvalue weighted by molar-refractivity contribution is -0.139. The molecule has 0 spiro atoms. The van der Waals surface area contributed by atoms with Gasteiger partial charge in [-0.25, -0.2) is 4.79 Å². The molecule has 0 unspecified atom stereocenters. The van der Waals surface area contributed by atoms with E-state index in [1.54, 1.807) is 7.11 Å². The van der Waals surface area contributed by atoms with Crippen LogP contribution < -0.4 is 10.1 Å². The molecule has 0 saturated heterocycles. The van der Waals surface area contributed by atoms with Gasteiger partial charge in [-0.05, 0) is 37.4 Å². The fourth-order valence-corrected chi connectivity index (χ4v) is 3.88. The number of carboxylic acid groups (broad SMARTS) is 1. The van der Waals surface area contributed by atoms with E-state index < -0.39 is 5.97 Å². The zero-order valence-electron chi connectivity index (χ0n) is 15.4. The van der Waals surface area contributed by atoms with Crippen LogP contribution >= 0.6 is 0 Å². The Morgan fingerprint density at radius 2 is 2.15 bits per heavy atom. The SMILES string of the molecule is CCN(CC(=O)O)C1CC(NC(=O)N2CCc3c(cccc3OC)C2)C1. The van der Waals surface area contributed by atoms with Crippen LogP contribution in [0.15, 0.2) is 18.2 Å². The zero-order chi connectivity index (χ0) is 18.7. The van der Waals surface area contributed by atoms with Crippen LogP contribution in [-0.4, -0.2) is 65.7 Å². The second-order valence-electron chi connectivity index (χ2n) is 7.00. The minimum Gasteiger partial charge on any atom is -0.496 e. The van der Waals surface area contributed by atoms with Gasteiger partial charge in [0, 0.05) is 30.7 Å². The lowest BCUT2D eigenvalue weighted by Crippen LogP contribution is -2.57. The molecule has 142 valence electrons. The quantitative estimate of drug-likeness (QED) is 0.806. The molecule has 1 aliphatic carbocycles. The summed E-state index contributed by atoms with van der Waals surface area (Å²) in [6.45, 7) is 4.01. The lowest BCUT2D eigenvalue weighted by Gasteiger charge is -2.43. The molecule has 1 fully saturated rings. The van der Waals surface area contributed by atoms with E-state index in [9.17, 15) is 9.59 Å². The number of fused-ring (bicyclic) bond motifs is 1. The maximum atomic E-state index is 12.6. The van der Waals surface area contributed by atoms with E-state index in [-0.39, 0.29) is 24.7 Å². The highest BCUT2D eigenvalue weighted by Gasteiger charge is 2.35. The number of carboxylic acids is 1. The van der Waals surface area contributed by atoms with E-state index in [4.69, 9.17) is 9.84 Å². The summed E-state index contributed by atoms with van der Waals surface area (Å²) >= 11 is 0. The van der Waals surface area contributed by atoms with Gasteiger partial charge in [-0.2, -0.15) is 0 Å². The Labute approximate surface area is 153 Å². The van der Waals surface area contributed by atoms with Gasteiger partial charge in [-0.1, -0.05) is 19.1 Å². The van der Waals surface area contributed by atoms with Crippen molar-refractivity contribution in [2.45, 2.75) is 44.8 Å². The lowest BCUT2D eigenvalue weighted by atomic mass is 9.85. The number of urea groups is 1. The molecule has 0 aromatic heterocycles. The predicted octanol–water partition coefficient (Wildman–Crippen LogP) is 1.70. The summed E-state index contributed by atoms with van der Waals surface area (Å²) in [5.74, 6) is 0.0872.